The highest BCUT2D eigenvalue weighted by atomic mass is 32.1. The summed E-state index contributed by atoms with van der Waals surface area (Å²) in [7, 11) is 0. The van der Waals surface area contributed by atoms with E-state index in [1.165, 1.54) is 0 Å². The molecule has 0 aliphatic rings. The van der Waals surface area contributed by atoms with Crippen molar-refractivity contribution in [3.05, 3.63) is 47.7 Å². The van der Waals surface area contributed by atoms with Crippen LogP contribution < -0.4 is 4.90 Å². The molecule has 0 unspecified atom stereocenters. The van der Waals surface area contributed by atoms with E-state index in [1.807, 2.05) is 36.5 Å². The largest absolute Gasteiger partial charge is 0.349 e. The lowest BCUT2D eigenvalue weighted by Gasteiger charge is -2.16. The van der Waals surface area contributed by atoms with Crippen LogP contribution in [0.3, 0.4) is 0 Å². The maximum Gasteiger partial charge on any atom is 0.185 e. The van der Waals surface area contributed by atoms with Gasteiger partial charge in [0.1, 0.15) is 6.33 Å². The zero-order chi connectivity index (χ0) is 16.1. The zero-order valence-corrected chi connectivity index (χ0v) is 13.9. The highest BCUT2D eigenvalue weighted by Gasteiger charge is 2.08. The number of rotatable bonds is 6. The molecule has 0 fully saturated rings. The minimum Gasteiger partial charge on any atom is -0.349 e. The van der Waals surface area contributed by atoms with Crippen molar-refractivity contribution in [3.63, 3.8) is 0 Å². The topological polar surface area (TPSA) is 59.2 Å². The van der Waals surface area contributed by atoms with E-state index in [9.17, 15) is 0 Å². The minimum absolute atomic E-state index is 0.718. The van der Waals surface area contributed by atoms with Crippen LogP contribution in [-0.2, 0) is 0 Å². The molecule has 0 N–H and O–H groups in total. The van der Waals surface area contributed by atoms with Gasteiger partial charge in [0.05, 0.1) is 11.1 Å². The summed E-state index contributed by atoms with van der Waals surface area (Å²) in [6.07, 6.45) is 5.24. The molecule has 0 saturated carbocycles. The molecule has 0 aliphatic heterocycles. The van der Waals surface area contributed by atoms with E-state index < -0.39 is 0 Å². The number of hydrogen-bond acceptors (Lipinski definition) is 6. The molecule has 2 heterocycles. The molecule has 0 radical (unpaired) electrons. The molecule has 0 amide bonds. The van der Waals surface area contributed by atoms with Crippen molar-refractivity contribution < 1.29 is 0 Å². The van der Waals surface area contributed by atoms with Crippen molar-refractivity contribution in [2.75, 3.05) is 18.0 Å². The highest BCUT2D eigenvalue weighted by Crippen LogP contribution is 2.21. The van der Waals surface area contributed by atoms with Crippen LogP contribution in [0.2, 0.25) is 0 Å². The van der Waals surface area contributed by atoms with Crippen LogP contribution in [0.4, 0.5) is 5.13 Å². The van der Waals surface area contributed by atoms with Gasteiger partial charge in [-0.15, -0.1) is 10.2 Å². The SMILES string of the molecule is CCN(CC)c1ncc(/C=N\n2cnnc2-c2ccccc2)s1. The van der Waals surface area contributed by atoms with E-state index >= 15 is 0 Å². The Hall–Kier alpha value is -2.54. The third-order valence-corrected chi connectivity index (χ3v) is 4.41. The predicted molar refractivity (Wildman–Crippen MR) is 94.1 cm³/mol. The Morgan fingerprint density at radius 2 is 2.00 bits per heavy atom. The van der Waals surface area contributed by atoms with Crippen LogP contribution in [0.25, 0.3) is 11.4 Å². The smallest absolute Gasteiger partial charge is 0.185 e. The molecule has 0 atom stereocenters. The fourth-order valence-corrected chi connectivity index (χ4v) is 3.10. The van der Waals surface area contributed by atoms with E-state index in [1.54, 1.807) is 28.6 Å². The minimum atomic E-state index is 0.718. The number of nitrogens with zero attached hydrogens (tertiary/aromatic N) is 6. The maximum absolute atomic E-state index is 4.46. The monoisotopic (exact) mass is 326 g/mol. The molecule has 7 heteroatoms. The zero-order valence-electron chi connectivity index (χ0n) is 13.1. The van der Waals surface area contributed by atoms with Gasteiger partial charge in [-0.25, -0.2) is 4.98 Å². The van der Waals surface area contributed by atoms with Gasteiger partial charge in [-0.1, -0.05) is 41.7 Å². The van der Waals surface area contributed by atoms with Crippen molar-refractivity contribution in [2.45, 2.75) is 13.8 Å². The molecule has 118 valence electrons. The summed E-state index contributed by atoms with van der Waals surface area (Å²) >= 11 is 1.63. The van der Waals surface area contributed by atoms with Gasteiger partial charge in [-0.05, 0) is 13.8 Å². The van der Waals surface area contributed by atoms with Gasteiger partial charge in [0.15, 0.2) is 11.0 Å². The van der Waals surface area contributed by atoms with Crippen molar-refractivity contribution >= 4 is 22.7 Å². The molecule has 1 aromatic carbocycles. The predicted octanol–water partition coefficient (Wildman–Crippen LogP) is 3.13. The van der Waals surface area contributed by atoms with Gasteiger partial charge in [0, 0.05) is 24.8 Å². The first kappa shape index (κ1) is 15.4. The summed E-state index contributed by atoms with van der Waals surface area (Å²) in [5, 5.41) is 13.6. The van der Waals surface area contributed by atoms with Gasteiger partial charge < -0.3 is 4.90 Å². The van der Waals surface area contributed by atoms with Gasteiger partial charge in [0.25, 0.3) is 0 Å². The number of thiazole rings is 1. The third kappa shape index (κ3) is 3.45. The second-order valence-corrected chi connectivity index (χ2v) is 5.87. The van der Waals surface area contributed by atoms with Gasteiger partial charge in [-0.2, -0.15) is 9.78 Å². The molecule has 23 heavy (non-hydrogen) atoms. The fraction of sp³-hybridized carbons (Fsp3) is 0.250. The fourth-order valence-electron chi connectivity index (χ4n) is 2.19. The molecular formula is C16H18N6S. The Kier molecular flexibility index (Phi) is 4.77. The maximum atomic E-state index is 4.46. The number of hydrogen-bond donors (Lipinski definition) is 0. The molecule has 0 saturated heterocycles. The Balaban J connectivity index is 1.81. The van der Waals surface area contributed by atoms with Crippen LogP contribution in [0, 0.1) is 0 Å². The van der Waals surface area contributed by atoms with Crippen LogP contribution in [0.1, 0.15) is 18.7 Å². The normalized spacial score (nSPS) is 11.2. The average Bonchev–Trinajstić information content (AvgIpc) is 3.24. The van der Waals surface area contributed by atoms with Crippen molar-refractivity contribution in [1.29, 1.82) is 0 Å². The lowest BCUT2D eigenvalue weighted by molar-refractivity contribution is 0.860. The first-order chi connectivity index (χ1) is 11.3. The second kappa shape index (κ2) is 7.15. The quantitative estimate of drug-likeness (QED) is 0.653. The number of aromatic nitrogens is 4. The Morgan fingerprint density at radius 1 is 1.22 bits per heavy atom. The molecule has 3 rings (SSSR count). The standard InChI is InChI=1S/C16H18N6S/c1-3-21(4-2)16-17-10-14(23-16)11-19-22-12-18-20-15(22)13-8-6-5-7-9-13/h5-12H,3-4H2,1-2H3/b19-11-. The molecule has 6 nitrogen and oxygen atoms in total. The third-order valence-electron chi connectivity index (χ3n) is 3.42. The summed E-state index contributed by atoms with van der Waals surface area (Å²) in [5.41, 5.74) is 0.982. The van der Waals surface area contributed by atoms with Crippen LogP contribution in [0.15, 0.2) is 48.0 Å². The van der Waals surface area contributed by atoms with Crippen LogP contribution in [-0.4, -0.2) is 39.2 Å². The lowest BCUT2D eigenvalue weighted by atomic mass is 10.2. The van der Waals surface area contributed by atoms with E-state index in [0.717, 1.165) is 34.5 Å². The van der Waals surface area contributed by atoms with Crippen LogP contribution in [0.5, 0.6) is 0 Å². The van der Waals surface area contributed by atoms with E-state index in [2.05, 4.69) is 39.0 Å². The molecule has 0 aliphatic carbocycles. The van der Waals surface area contributed by atoms with Gasteiger partial charge in [0.2, 0.25) is 0 Å². The van der Waals surface area contributed by atoms with E-state index in [-0.39, 0.29) is 0 Å². The highest BCUT2D eigenvalue weighted by molar-refractivity contribution is 7.17. The lowest BCUT2D eigenvalue weighted by Crippen LogP contribution is -2.21. The Morgan fingerprint density at radius 3 is 2.74 bits per heavy atom. The first-order valence-corrected chi connectivity index (χ1v) is 8.34. The van der Waals surface area contributed by atoms with Crippen molar-refractivity contribution in [2.24, 2.45) is 5.10 Å². The van der Waals surface area contributed by atoms with Crippen molar-refractivity contribution in [3.8, 4) is 11.4 Å². The Bertz CT molecular complexity index is 773. The van der Waals surface area contributed by atoms with Gasteiger partial charge >= 0.3 is 0 Å². The second-order valence-electron chi connectivity index (χ2n) is 4.83. The summed E-state index contributed by atoms with van der Waals surface area (Å²) < 4.78 is 1.67. The molecule has 0 bridgehead atoms. The van der Waals surface area contributed by atoms with Gasteiger partial charge in [-0.3, -0.25) is 0 Å². The van der Waals surface area contributed by atoms with E-state index in [4.69, 9.17) is 0 Å². The summed E-state index contributed by atoms with van der Waals surface area (Å²) in [6.45, 7) is 6.15. The van der Waals surface area contributed by atoms with E-state index in [0.29, 0.717) is 0 Å². The first-order valence-electron chi connectivity index (χ1n) is 7.52. The summed E-state index contributed by atoms with van der Waals surface area (Å²) in [4.78, 5) is 7.67. The summed E-state index contributed by atoms with van der Waals surface area (Å²) in [6, 6.07) is 9.89. The number of anilines is 1. The Labute approximate surface area is 139 Å². The van der Waals surface area contributed by atoms with Crippen LogP contribution >= 0.6 is 11.3 Å². The average molecular weight is 326 g/mol. The molecular weight excluding hydrogens is 308 g/mol. The molecule has 0 spiro atoms. The van der Waals surface area contributed by atoms with Crippen molar-refractivity contribution in [1.82, 2.24) is 19.9 Å². The molecule has 3 aromatic rings. The summed E-state index contributed by atoms with van der Waals surface area (Å²) in [5.74, 6) is 0.718. The number of benzene rings is 1. The molecule has 2 aromatic heterocycles.